The summed E-state index contributed by atoms with van der Waals surface area (Å²) in [6.45, 7) is 3.04. The topological polar surface area (TPSA) is 34.1 Å². The maximum absolute atomic E-state index is 13.2. The van der Waals surface area contributed by atoms with Crippen molar-refractivity contribution < 1.29 is 9.13 Å². The molecule has 0 bridgehead atoms. The number of hydrogen-bond donors (Lipinski definition) is 1. The summed E-state index contributed by atoms with van der Waals surface area (Å²) in [4.78, 5) is 4.56. The van der Waals surface area contributed by atoms with Gasteiger partial charge in [0.05, 0.1) is 11.4 Å². The lowest BCUT2D eigenvalue weighted by Gasteiger charge is -2.10. The fourth-order valence-corrected chi connectivity index (χ4v) is 2.13. The Morgan fingerprint density at radius 1 is 1.24 bits per heavy atom. The van der Waals surface area contributed by atoms with E-state index in [-0.39, 0.29) is 5.82 Å². The smallest absolute Gasteiger partial charge is 0.130 e. The zero-order valence-corrected chi connectivity index (χ0v) is 12.1. The standard InChI is InChI=1S/C17H19FN2O/c1-12-5-6-13(18)9-17(12)21-11-16-4-2-3-15(20-16)10-19-14-7-8-14/h2-6,9,14,19H,7-8,10-11H2,1H3. The van der Waals surface area contributed by atoms with E-state index in [1.807, 2.05) is 25.1 Å². The Balaban J connectivity index is 1.61. The quantitative estimate of drug-likeness (QED) is 0.884. The molecule has 1 aromatic carbocycles. The number of benzene rings is 1. The minimum atomic E-state index is -0.286. The molecule has 0 amide bonds. The van der Waals surface area contributed by atoms with E-state index < -0.39 is 0 Å². The van der Waals surface area contributed by atoms with E-state index in [1.165, 1.54) is 25.0 Å². The fourth-order valence-electron chi connectivity index (χ4n) is 2.13. The summed E-state index contributed by atoms with van der Waals surface area (Å²) in [7, 11) is 0. The van der Waals surface area contributed by atoms with Gasteiger partial charge in [-0.05, 0) is 43.5 Å². The third-order valence-electron chi connectivity index (χ3n) is 3.54. The molecule has 2 aromatic rings. The maximum atomic E-state index is 13.2. The number of aryl methyl sites for hydroxylation is 1. The molecule has 1 saturated carbocycles. The first-order valence-corrected chi connectivity index (χ1v) is 7.28. The monoisotopic (exact) mass is 286 g/mol. The number of ether oxygens (including phenoxy) is 1. The number of halogens is 1. The van der Waals surface area contributed by atoms with Crippen LogP contribution in [0.25, 0.3) is 0 Å². The third kappa shape index (κ3) is 4.02. The molecule has 0 spiro atoms. The van der Waals surface area contributed by atoms with Crippen LogP contribution in [0.3, 0.4) is 0 Å². The van der Waals surface area contributed by atoms with Crippen molar-refractivity contribution in [2.24, 2.45) is 0 Å². The van der Waals surface area contributed by atoms with Gasteiger partial charge in [0.15, 0.2) is 0 Å². The summed E-state index contributed by atoms with van der Waals surface area (Å²) >= 11 is 0. The van der Waals surface area contributed by atoms with Crippen LogP contribution in [0.15, 0.2) is 36.4 Å². The SMILES string of the molecule is Cc1ccc(F)cc1OCc1cccc(CNC2CC2)n1. The zero-order valence-electron chi connectivity index (χ0n) is 12.1. The Bertz CT molecular complexity index is 626. The second-order valence-electron chi connectivity index (χ2n) is 5.47. The second-order valence-corrected chi connectivity index (χ2v) is 5.47. The number of aromatic nitrogens is 1. The van der Waals surface area contributed by atoms with Crippen LogP contribution in [0, 0.1) is 12.7 Å². The predicted molar refractivity (Wildman–Crippen MR) is 79.6 cm³/mol. The summed E-state index contributed by atoms with van der Waals surface area (Å²) in [6, 6.07) is 11.1. The van der Waals surface area contributed by atoms with Crippen LogP contribution in [0.1, 0.15) is 29.8 Å². The van der Waals surface area contributed by atoms with Gasteiger partial charge in [0.1, 0.15) is 18.2 Å². The first-order chi connectivity index (χ1) is 10.2. The largest absolute Gasteiger partial charge is 0.487 e. The van der Waals surface area contributed by atoms with Crippen LogP contribution >= 0.6 is 0 Å². The van der Waals surface area contributed by atoms with Crippen molar-refractivity contribution in [1.29, 1.82) is 0 Å². The van der Waals surface area contributed by atoms with Crippen molar-refractivity contribution in [3.8, 4) is 5.75 Å². The molecule has 3 nitrogen and oxygen atoms in total. The molecule has 0 aliphatic heterocycles. The molecule has 1 fully saturated rings. The van der Waals surface area contributed by atoms with Crippen LogP contribution < -0.4 is 10.1 Å². The van der Waals surface area contributed by atoms with Gasteiger partial charge < -0.3 is 10.1 Å². The Morgan fingerprint density at radius 2 is 2.05 bits per heavy atom. The number of pyridine rings is 1. The van der Waals surface area contributed by atoms with Gasteiger partial charge >= 0.3 is 0 Å². The molecule has 3 rings (SSSR count). The molecule has 21 heavy (non-hydrogen) atoms. The molecule has 1 heterocycles. The van der Waals surface area contributed by atoms with Crippen molar-refractivity contribution in [3.63, 3.8) is 0 Å². The molecular formula is C17H19FN2O. The molecule has 110 valence electrons. The molecule has 0 saturated heterocycles. The normalized spacial score (nSPS) is 14.2. The van der Waals surface area contributed by atoms with E-state index in [9.17, 15) is 4.39 Å². The lowest BCUT2D eigenvalue weighted by Crippen LogP contribution is -2.16. The van der Waals surface area contributed by atoms with Crippen LogP contribution in [0.4, 0.5) is 4.39 Å². The van der Waals surface area contributed by atoms with E-state index in [0.29, 0.717) is 18.4 Å². The lowest BCUT2D eigenvalue weighted by molar-refractivity contribution is 0.297. The van der Waals surface area contributed by atoms with E-state index in [1.54, 1.807) is 6.07 Å². The van der Waals surface area contributed by atoms with Gasteiger partial charge in [-0.25, -0.2) is 4.39 Å². The van der Waals surface area contributed by atoms with Crippen molar-refractivity contribution in [2.75, 3.05) is 0 Å². The highest BCUT2D eigenvalue weighted by molar-refractivity contribution is 5.32. The van der Waals surface area contributed by atoms with Gasteiger partial charge in [0.25, 0.3) is 0 Å². The van der Waals surface area contributed by atoms with Crippen molar-refractivity contribution in [2.45, 2.75) is 39.0 Å². The minimum Gasteiger partial charge on any atom is -0.487 e. The van der Waals surface area contributed by atoms with Crippen LogP contribution in [-0.2, 0) is 13.2 Å². The van der Waals surface area contributed by atoms with Gasteiger partial charge in [-0.15, -0.1) is 0 Å². The summed E-state index contributed by atoms with van der Waals surface area (Å²) in [5, 5.41) is 3.44. The first kappa shape index (κ1) is 14.0. The molecule has 1 N–H and O–H groups in total. The average Bonchev–Trinajstić information content (AvgIpc) is 3.31. The molecule has 0 unspecified atom stereocenters. The Hall–Kier alpha value is -1.94. The first-order valence-electron chi connectivity index (χ1n) is 7.28. The number of nitrogens with one attached hydrogen (secondary N) is 1. The van der Waals surface area contributed by atoms with Gasteiger partial charge in [-0.2, -0.15) is 0 Å². The maximum Gasteiger partial charge on any atom is 0.130 e. The third-order valence-corrected chi connectivity index (χ3v) is 3.54. The van der Waals surface area contributed by atoms with Gasteiger partial charge in [0.2, 0.25) is 0 Å². The summed E-state index contributed by atoms with van der Waals surface area (Å²) < 4.78 is 18.9. The molecule has 0 atom stereocenters. The van der Waals surface area contributed by atoms with E-state index in [0.717, 1.165) is 23.5 Å². The average molecular weight is 286 g/mol. The van der Waals surface area contributed by atoms with Crippen LogP contribution in [-0.4, -0.2) is 11.0 Å². The number of rotatable bonds is 6. The van der Waals surface area contributed by atoms with Crippen LogP contribution in [0.5, 0.6) is 5.75 Å². The van der Waals surface area contributed by atoms with E-state index >= 15 is 0 Å². The van der Waals surface area contributed by atoms with E-state index in [4.69, 9.17) is 4.74 Å². The summed E-state index contributed by atoms with van der Waals surface area (Å²) in [5.41, 5.74) is 2.79. The highest BCUT2D eigenvalue weighted by Gasteiger charge is 2.20. The molecular weight excluding hydrogens is 267 g/mol. The molecule has 4 heteroatoms. The van der Waals surface area contributed by atoms with Crippen molar-refractivity contribution >= 4 is 0 Å². The number of nitrogens with zero attached hydrogens (tertiary/aromatic N) is 1. The van der Waals surface area contributed by atoms with Gasteiger partial charge in [0, 0.05) is 18.7 Å². The van der Waals surface area contributed by atoms with Crippen LogP contribution in [0.2, 0.25) is 0 Å². The van der Waals surface area contributed by atoms with Gasteiger partial charge in [-0.1, -0.05) is 12.1 Å². The van der Waals surface area contributed by atoms with Crippen molar-refractivity contribution in [3.05, 3.63) is 59.2 Å². The summed E-state index contributed by atoms with van der Waals surface area (Å²) in [6.07, 6.45) is 2.53. The Morgan fingerprint density at radius 3 is 2.86 bits per heavy atom. The summed E-state index contributed by atoms with van der Waals surface area (Å²) in [5.74, 6) is 0.282. The fraction of sp³-hybridized carbons (Fsp3) is 0.353. The zero-order chi connectivity index (χ0) is 14.7. The predicted octanol–water partition coefficient (Wildman–Crippen LogP) is 3.36. The number of hydrogen-bond acceptors (Lipinski definition) is 3. The minimum absolute atomic E-state index is 0.286. The lowest BCUT2D eigenvalue weighted by atomic mass is 10.2. The second kappa shape index (κ2) is 6.22. The highest BCUT2D eigenvalue weighted by Crippen LogP contribution is 2.20. The molecule has 1 aliphatic rings. The highest BCUT2D eigenvalue weighted by atomic mass is 19.1. The van der Waals surface area contributed by atoms with Crippen molar-refractivity contribution in [1.82, 2.24) is 10.3 Å². The molecule has 1 aromatic heterocycles. The molecule has 1 aliphatic carbocycles. The molecule has 0 radical (unpaired) electrons. The van der Waals surface area contributed by atoms with E-state index in [2.05, 4.69) is 10.3 Å². The Kier molecular flexibility index (Phi) is 4.15. The Labute approximate surface area is 124 Å². The van der Waals surface area contributed by atoms with Gasteiger partial charge in [-0.3, -0.25) is 4.98 Å².